The Kier molecular flexibility index (Phi) is 4.92. The number of anilines is 1. The van der Waals surface area contributed by atoms with Gasteiger partial charge in [-0.25, -0.2) is 4.98 Å². The Morgan fingerprint density at radius 2 is 1.86 bits per heavy atom. The van der Waals surface area contributed by atoms with E-state index in [1.807, 2.05) is 29.6 Å². The molecule has 2 aromatic rings. The molecule has 2 N–H and O–H groups in total. The molecule has 0 aliphatic heterocycles. The van der Waals surface area contributed by atoms with E-state index in [4.69, 9.17) is 0 Å². The summed E-state index contributed by atoms with van der Waals surface area (Å²) < 4.78 is 0. The molecule has 2 amide bonds. The lowest BCUT2D eigenvalue weighted by atomic mass is 9.96. The van der Waals surface area contributed by atoms with Crippen molar-refractivity contribution in [1.29, 1.82) is 0 Å². The van der Waals surface area contributed by atoms with E-state index in [1.165, 1.54) is 0 Å². The molecule has 1 aromatic carbocycles. The number of carbonyl (C=O) groups excluding carboxylic acids is 2. The maximum absolute atomic E-state index is 11.8. The maximum atomic E-state index is 11.8. The first-order valence-electron chi connectivity index (χ1n) is 6.94. The van der Waals surface area contributed by atoms with Gasteiger partial charge in [0.05, 0.1) is 6.54 Å². The second-order valence-corrected chi connectivity index (χ2v) is 6.79. The highest BCUT2D eigenvalue weighted by molar-refractivity contribution is 7.13. The van der Waals surface area contributed by atoms with Crippen LogP contribution in [0.2, 0.25) is 0 Å². The molecule has 1 heterocycles. The second kappa shape index (κ2) is 6.70. The van der Waals surface area contributed by atoms with Crippen LogP contribution in [0.4, 0.5) is 5.69 Å². The zero-order chi connectivity index (χ0) is 16.2. The number of nitrogens with one attached hydrogen (secondary N) is 2. The fourth-order valence-electron chi connectivity index (χ4n) is 1.69. The molecule has 1 aromatic heterocycles. The number of thiazole rings is 1. The summed E-state index contributed by atoms with van der Waals surface area (Å²) in [6, 6.07) is 7.45. The van der Waals surface area contributed by atoms with E-state index >= 15 is 0 Å². The predicted octanol–water partition coefficient (Wildman–Crippen LogP) is 2.91. The molecule has 0 radical (unpaired) electrons. The van der Waals surface area contributed by atoms with E-state index in [9.17, 15) is 9.59 Å². The number of nitrogens with zero attached hydrogens (tertiary/aromatic N) is 1. The van der Waals surface area contributed by atoms with Crippen molar-refractivity contribution in [3.63, 3.8) is 0 Å². The molecule has 0 atom stereocenters. The lowest BCUT2D eigenvalue weighted by molar-refractivity contribution is -0.130. The van der Waals surface area contributed by atoms with Crippen LogP contribution in [0.5, 0.6) is 0 Å². The van der Waals surface area contributed by atoms with E-state index in [0.717, 1.165) is 10.6 Å². The smallest absolute Gasteiger partial charge is 0.243 e. The van der Waals surface area contributed by atoms with Gasteiger partial charge in [0.1, 0.15) is 5.01 Å². The van der Waals surface area contributed by atoms with Gasteiger partial charge in [0.25, 0.3) is 0 Å². The number of aromatic nitrogens is 1. The van der Waals surface area contributed by atoms with Crippen molar-refractivity contribution < 1.29 is 9.59 Å². The molecule has 0 bridgehead atoms. The maximum Gasteiger partial charge on any atom is 0.243 e. The fraction of sp³-hybridized carbons (Fsp3) is 0.312. The van der Waals surface area contributed by atoms with Gasteiger partial charge in [-0.15, -0.1) is 11.3 Å². The van der Waals surface area contributed by atoms with Gasteiger partial charge >= 0.3 is 0 Å². The van der Waals surface area contributed by atoms with Crippen molar-refractivity contribution in [3.05, 3.63) is 35.8 Å². The Morgan fingerprint density at radius 1 is 1.18 bits per heavy atom. The molecule has 116 valence electrons. The van der Waals surface area contributed by atoms with Crippen LogP contribution in [0.15, 0.2) is 35.8 Å². The minimum absolute atomic E-state index is 0.0374. The van der Waals surface area contributed by atoms with Gasteiger partial charge in [-0.1, -0.05) is 20.8 Å². The number of amides is 2. The second-order valence-electron chi connectivity index (χ2n) is 5.90. The van der Waals surface area contributed by atoms with Crippen molar-refractivity contribution in [2.24, 2.45) is 5.41 Å². The third kappa shape index (κ3) is 4.39. The van der Waals surface area contributed by atoms with Crippen molar-refractivity contribution in [2.75, 3.05) is 11.9 Å². The van der Waals surface area contributed by atoms with Gasteiger partial charge in [-0.2, -0.15) is 0 Å². The molecule has 6 heteroatoms. The lowest BCUT2D eigenvalue weighted by Gasteiger charge is -2.17. The number of benzene rings is 1. The Morgan fingerprint density at radius 3 is 2.41 bits per heavy atom. The van der Waals surface area contributed by atoms with Crippen molar-refractivity contribution >= 4 is 28.8 Å². The topological polar surface area (TPSA) is 71.1 Å². The Labute approximate surface area is 133 Å². The summed E-state index contributed by atoms with van der Waals surface area (Å²) in [5.41, 5.74) is 1.19. The number of carbonyl (C=O) groups is 2. The first-order valence-corrected chi connectivity index (χ1v) is 7.82. The summed E-state index contributed by atoms with van der Waals surface area (Å²) in [4.78, 5) is 27.8. The van der Waals surface area contributed by atoms with Crippen LogP contribution in [-0.4, -0.2) is 23.3 Å². The largest absolute Gasteiger partial charge is 0.347 e. The number of hydrogen-bond acceptors (Lipinski definition) is 4. The summed E-state index contributed by atoms with van der Waals surface area (Å²) in [7, 11) is 0. The average Bonchev–Trinajstić information content (AvgIpc) is 2.98. The molecule has 0 spiro atoms. The van der Waals surface area contributed by atoms with Gasteiger partial charge in [0, 0.05) is 28.2 Å². The third-order valence-electron chi connectivity index (χ3n) is 2.94. The highest BCUT2D eigenvalue weighted by atomic mass is 32.1. The van der Waals surface area contributed by atoms with E-state index in [0.29, 0.717) is 5.69 Å². The zero-order valence-corrected chi connectivity index (χ0v) is 13.7. The van der Waals surface area contributed by atoms with E-state index in [1.54, 1.807) is 38.3 Å². The quantitative estimate of drug-likeness (QED) is 0.911. The molecule has 0 saturated carbocycles. The molecular weight excluding hydrogens is 298 g/mol. The summed E-state index contributed by atoms with van der Waals surface area (Å²) in [5.74, 6) is -0.402. The average molecular weight is 317 g/mol. The highest BCUT2D eigenvalue weighted by Gasteiger charge is 2.21. The molecule has 0 saturated heterocycles. The summed E-state index contributed by atoms with van der Waals surface area (Å²) in [6.07, 6.45) is 1.76. The molecular formula is C16H19N3O2S. The van der Waals surface area contributed by atoms with E-state index < -0.39 is 5.41 Å². The predicted molar refractivity (Wildman–Crippen MR) is 88.6 cm³/mol. The normalized spacial score (nSPS) is 11.0. The van der Waals surface area contributed by atoms with E-state index in [-0.39, 0.29) is 18.4 Å². The summed E-state index contributed by atoms with van der Waals surface area (Å²) >= 11 is 1.56. The molecule has 5 nitrogen and oxygen atoms in total. The van der Waals surface area contributed by atoms with Crippen LogP contribution in [0.1, 0.15) is 20.8 Å². The molecule has 2 rings (SSSR count). The van der Waals surface area contributed by atoms with Gasteiger partial charge in [0.2, 0.25) is 11.8 Å². The molecule has 0 unspecified atom stereocenters. The minimum atomic E-state index is -0.504. The van der Waals surface area contributed by atoms with Gasteiger partial charge in [-0.05, 0) is 24.3 Å². The first kappa shape index (κ1) is 16.2. The van der Waals surface area contributed by atoms with Crippen LogP contribution in [-0.2, 0) is 9.59 Å². The summed E-state index contributed by atoms with van der Waals surface area (Å²) in [5, 5.41) is 8.23. The monoisotopic (exact) mass is 317 g/mol. The first-order chi connectivity index (χ1) is 10.4. The Bertz CT molecular complexity index is 643. The van der Waals surface area contributed by atoms with Crippen LogP contribution in [0.25, 0.3) is 10.6 Å². The number of hydrogen-bond donors (Lipinski definition) is 2. The van der Waals surface area contributed by atoms with Crippen LogP contribution < -0.4 is 10.6 Å². The van der Waals surface area contributed by atoms with Gasteiger partial charge in [-0.3, -0.25) is 9.59 Å². The van der Waals surface area contributed by atoms with Crippen LogP contribution >= 0.6 is 11.3 Å². The fourth-order valence-corrected chi connectivity index (χ4v) is 2.34. The number of rotatable bonds is 4. The van der Waals surface area contributed by atoms with Gasteiger partial charge < -0.3 is 10.6 Å². The van der Waals surface area contributed by atoms with E-state index in [2.05, 4.69) is 15.6 Å². The molecule has 0 fully saturated rings. The zero-order valence-electron chi connectivity index (χ0n) is 12.8. The van der Waals surface area contributed by atoms with Crippen molar-refractivity contribution in [3.8, 4) is 10.6 Å². The SMILES string of the molecule is CC(C)(C)C(=O)NCC(=O)Nc1ccc(-c2nccs2)cc1. The molecule has 0 aliphatic rings. The van der Waals surface area contributed by atoms with Gasteiger partial charge in [0.15, 0.2) is 0 Å². The van der Waals surface area contributed by atoms with Crippen molar-refractivity contribution in [2.45, 2.75) is 20.8 Å². The standard InChI is InChI=1S/C16H19N3O2S/c1-16(2,3)15(21)18-10-13(20)19-12-6-4-11(5-7-12)14-17-8-9-22-14/h4-9H,10H2,1-3H3,(H,18,21)(H,19,20). The molecule has 22 heavy (non-hydrogen) atoms. The van der Waals surface area contributed by atoms with Crippen LogP contribution in [0.3, 0.4) is 0 Å². The highest BCUT2D eigenvalue weighted by Crippen LogP contribution is 2.23. The minimum Gasteiger partial charge on any atom is -0.347 e. The summed E-state index contributed by atoms with van der Waals surface area (Å²) in [6.45, 7) is 5.37. The van der Waals surface area contributed by atoms with Crippen molar-refractivity contribution in [1.82, 2.24) is 10.3 Å². The Hall–Kier alpha value is -2.21. The lowest BCUT2D eigenvalue weighted by Crippen LogP contribution is -2.39. The Balaban J connectivity index is 1.88. The molecule has 0 aliphatic carbocycles. The van der Waals surface area contributed by atoms with Crippen LogP contribution in [0, 0.1) is 5.41 Å². The third-order valence-corrected chi connectivity index (χ3v) is 3.76.